The van der Waals surface area contributed by atoms with Crippen LogP contribution in [0.25, 0.3) is 0 Å². The Labute approximate surface area is 113 Å². The van der Waals surface area contributed by atoms with E-state index in [1.807, 2.05) is 6.07 Å². The molecule has 0 aliphatic carbocycles. The molecule has 0 aromatic heterocycles. The lowest BCUT2D eigenvalue weighted by Gasteiger charge is -2.22. The van der Waals surface area contributed by atoms with Crippen molar-refractivity contribution in [1.82, 2.24) is 5.32 Å². The first-order valence-corrected chi connectivity index (χ1v) is 8.02. The maximum absolute atomic E-state index is 5.71. The van der Waals surface area contributed by atoms with E-state index in [1.165, 1.54) is 30.6 Å². The van der Waals surface area contributed by atoms with Gasteiger partial charge in [0.1, 0.15) is 5.75 Å². The molecule has 2 unspecified atom stereocenters. The van der Waals surface area contributed by atoms with E-state index >= 15 is 0 Å². The molecule has 1 saturated heterocycles. The molecule has 1 aromatic rings. The molecular weight excluding hydrogens is 242 g/mol. The second kappa shape index (κ2) is 5.98. The third kappa shape index (κ3) is 2.83. The second-order valence-electron chi connectivity index (χ2n) is 5.19. The predicted octanol–water partition coefficient (Wildman–Crippen LogP) is 3.04. The van der Waals surface area contributed by atoms with Crippen molar-refractivity contribution in [2.24, 2.45) is 0 Å². The minimum absolute atomic E-state index is 0.537. The monoisotopic (exact) mass is 263 g/mol. The van der Waals surface area contributed by atoms with Crippen LogP contribution in [0.1, 0.15) is 30.7 Å². The molecule has 3 rings (SSSR count). The van der Waals surface area contributed by atoms with Crippen LogP contribution < -0.4 is 10.1 Å². The number of para-hydroxylation sites is 1. The third-order valence-corrected chi connectivity index (χ3v) is 5.23. The van der Waals surface area contributed by atoms with Gasteiger partial charge in [0.05, 0.1) is 6.61 Å². The number of benzene rings is 1. The molecule has 0 amide bonds. The van der Waals surface area contributed by atoms with Crippen LogP contribution in [0, 0.1) is 0 Å². The van der Waals surface area contributed by atoms with Crippen LogP contribution in [0.5, 0.6) is 5.75 Å². The van der Waals surface area contributed by atoms with Crippen molar-refractivity contribution in [3.63, 3.8) is 0 Å². The van der Waals surface area contributed by atoms with Gasteiger partial charge in [-0.25, -0.2) is 0 Å². The van der Waals surface area contributed by atoms with E-state index < -0.39 is 0 Å². The van der Waals surface area contributed by atoms with E-state index in [-0.39, 0.29) is 0 Å². The third-order valence-electron chi connectivity index (χ3n) is 3.84. The number of thioether (sulfide) groups is 1. The van der Waals surface area contributed by atoms with Gasteiger partial charge in [-0.2, -0.15) is 11.8 Å². The first kappa shape index (κ1) is 12.4. The Bertz CT molecular complexity index is 390. The van der Waals surface area contributed by atoms with E-state index in [4.69, 9.17) is 4.74 Å². The molecule has 2 heterocycles. The van der Waals surface area contributed by atoms with Gasteiger partial charge >= 0.3 is 0 Å². The van der Waals surface area contributed by atoms with E-state index in [9.17, 15) is 0 Å². The van der Waals surface area contributed by atoms with Gasteiger partial charge in [-0.1, -0.05) is 24.6 Å². The molecule has 0 bridgehead atoms. The molecule has 1 fully saturated rings. The van der Waals surface area contributed by atoms with Gasteiger partial charge in [-0.05, 0) is 24.7 Å². The van der Waals surface area contributed by atoms with Crippen LogP contribution in [0.2, 0.25) is 0 Å². The van der Waals surface area contributed by atoms with Crippen LogP contribution in [0.3, 0.4) is 0 Å². The van der Waals surface area contributed by atoms with Crippen molar-refractivity contribution in [2.75, 3.05) is 25.4 Å². The van der Waals surface area contributed by atoms with Crippen molar-refractivity contribution >= 4 is 11.8 Å². The molecule has 2 aliphatic rings. The summed E-state index contributed by atoms with van der Waals surface area (Å²) in [6.07, 6.45) is 4.20. The van der Waals surface area contributed by atoms with Crippen molar-refractivity contribution in [3.05, 3.63) is 29.8 Å². The van der Waals surface area contributed by atoms with Crippen LogP contribution in [0.15, 0.2) is 24.3 Å². The first-order valence-electron chi connectivity index (χ1n) is 6.97. The van der Waals surface area contributed by atoms with Crippen molar-refractivity contribution < 1.29 is 4.74 Å². The molecule has 2 atom stereocenters. The summed E-state index contributed by atoms with van der Waals surface area (Å²) in [4.78, 5) is 0. The summed E-state index contributed by atoms with van der Waals surface area (Å²) in [5.41, 5.74) is 1.38. The van der Waals surface area contributed by atoms with Gasteiger partial charge in [0.25, 0.3) is 0 Å². The van der Waals surface area contributed by atoms with Gasteiger partial charge in [0.15, 0.2) is 0 Å². The van der Waals surface area contributed by atoms with E-state index in [1.54, 1.807) is 0 Å². The lowest BCUT2D eigenvalue weighted by atomic mass is 10.0. The quantitative estimate of drug-likeness (QED) is 0.902. The Hall–Kier alpha value is -0.670. The molecule has 0 spiro atoms. The number of nitrogens with one attached hydrogen (secondary N) is 1. The summed E-state index contributed by atoms with van der Waals surface area (Å²) in [7, 11) is 0. The summed E-state index contributed by atoms with van der Waals surface area (Å²) in [6, 6.07) is 8.43. The average Bonchev–Trinajstić information content (AvgIpc) is 2.84. The number of hydrogen-bond donors (Lipinski definition) is 1. The fraction of sp³-hybridized carbons (Fsp3) is 0.600. The maximum atomic E-state index is 5.71. The van der Waals surface area contributed by atoms with Crippen molar-refractivity contribution in [1.29, 1.82) is 0 Å². The molecule has 2 aliphatic heterocycles. The Morgan fingerprint density at radius 1 is 1.22 bits per heavy atom. The summed E-state index contributed by atoms with van der Waals surface area (Å²) in [5, 5.41) is 4.47. The van der Waals surface area contributed by atoms with Gasteiger partial charge in [0.2, 0.25) is 0 Å². The van der Waals surface area contributed by atoms with Gasteiger partial charge in [-0.3, -0.25) is 0 Å². The zero-order valence-electron chi connectivity index (χ0n) is 10.7. The summed E-state index contributed by atoms with van der Waals surface area (Å²) in [6.45, 7) is 3.04. The SMILES string of the molecule is c1ccc2c(c1)OCC2CNCC1CCCCS1. The highest BCUT2D eigenvalue weighted by atomic mass is 32.2. The molecule has 0 saturated carbocycles. The number of rotatable bonds is 4. The molecule has 3 heteroatoms. The molecule has 98 valence electrons. The fourth-order valence-electron chi connectivity index (χ4n) is 2.79. The topological polar surface area (TPSA) is 21.3 Å². The second-order valence-corrected chi connectivity index (χ2v) is 6.60. The smallest absolute Gasteiger partial charge is 0.122 e. The minimum Gasteiger partial charge on any atom is -0.493 e. The van der Waals surface area contributed by atoms with Crippen LogP contribution in [0.4, 0.5) is 0 Å². The molecule has 18 heavy (non-hydrogen) atoms. The highest BCUT2D eigenvalue weighted by molar-refractivity contribution is 7.99. The summed E-state index contributed by atoms with van der Waals surface area (Å²) < 4.78 is 5.71. The van der Waals surface area contributed by atoms with Crippen LogP contribution in [-0.2, 0) is 0 Å². The number of fused-ring (bicyclic) bond motifs is 1. The van der Waals surface area contributed by atoms with Crippen molar-refractivity contribution in [3.8, 4) is 5.75 Å². The number of ether oxygens (including phenoxy) is 1. The normalized spacial score (nSPS) is 26.7. The Morgan fingerprint density at radius 2 is 2.17 bits per heavy atom. The van der Waals surface area contributed by atoms with E-state index in [0.29, 0.717) is 5.92 Å². The average molecular weight is 263 g/mol. The van der Waals surface area contributed by atoms with Crippen molar-refractivity contribution in [2.45, 2.75) is 30.4 Å². The lowest BCUT2D eigenvalue weighted by molar-refractivity contribution is 0.326. The predicted molar refractivity (Wildman–Crippen MR) is 77.6 cm³/mol. The zero-order chi connectivity index (χ0) is 12.2. The Morgan fingerprint density at radius 3 is 3.06 bits per heavy atom. The minimum atomic E-state index is 0.537. The van der Waals surface area contributed by atoms with E-state index in [0.717, 1.165) is 30.7 Å². The highest BCUT2D eigenvalue weighted by Crippen LogP contribution is 2.33. The fourth-order valence-corrected chi connectivity index (χ4v) is 4.06. The summed E-state index contributed by atoms with van der Waals surface area (Å²) >= 11 is 2.14. The molecule has 1 N–H and O–H groups in total. The molecule has 0 radical (unpaired) electrons. The highest BCUT2D eigenvalue weighted by Gasteiger charge is 2.23. The Kier molecular flexibility index (Phi) is 4.11. The lowest BCUT2D eigenvalue weighted by Crippen LogP contribution is -2.30. The summed E-state index contributed by atoms with van der Waals surface area (Å²) in [5.74, 6) is 2.97. The maximum Gasteiger partial charge on any atom is 0.122 e. The van der Waals surface area contributed by atoms with Gasteiger partial charge < -0.3 is 10.1 Å². The standard InChI is InChI=1S/C15H21NOS/c1-2-7-15-14(6-1)12(11-17-15)9-16-10-13-5-3-4-8-18-13/h1-2,6-7,12-13,16H,3-5,8-11H2. The molecule has 2 nitrogen and oxygen atoms in total. The molecule has 1 aromatic carbocycles. The Balaban J connectivity index is 1.47. The zero-order valence-corrected chi connectivity index (χ0v) is 11.5. The van der Waals surface area contributed by atoms with Crippen LogP contribution in [-0.4, -0.2) is 30.7 Å². The largest absolute Gasteiger partial charge is 0.493 e. The van der Waals surface area contributed by atoms with Gasteiger partial charge in [0, 0.05) is 29.8 Å². The van der Waals surface area contributed by atoms with Crippen LogP contribution >= 0.6 is 11.8 Å². The molecular formula is C15H21NOS. The van der Waals surface area contributed by atoms with E-state index in [2.05, 4.69) is 35.3 Å². The first-order chi connectivity index (χ1) is 8.93. The number of hydrogen-bond acceptors (Lipinski definition) is 3. The van der Waals surface area contributed by atoms with Gasteiger partial charge in [-0.15, -0.1) is 0 Å².